The molecular formula is C27H26BrCl2NO2. The Hall–Kier alpha value is -1.43. The third-order valence-electron chi connectivity index (χ3n) is 7.42. The summed E-state index contributed by atoms with van der Waals surface area (Å²) in [5, 5.41) is 13.3. The Morgan fingerprint density at radius 3 is 2.48 bits per heavy atom. The summed E-state index contributed by atoms with van der Waals surface area (Å²) >= 11 is 16.4. The first-order valence-corrected chi connectivity index (χ1v) is 12.9. The third-order valence-corrected chi connectivity index (χ3v) is 8.47. The summed E-state index contributed by atoms with van der Waals surface area (Å²) < 4.78 is 7.31. The van der Waals surface area contributed by atoms with Crippen LogP contribution in [0.2, 0.25) is 10.0 Å². The van der Waals surface area contributed by atoms with Crippen molar-refractivity contribution in [2.75, 3.05) is 0 Å². The molecule has 1 aromatic heterocycles. The van der Waals surface area contributed by atoms with E-state index in [1.807, 2.05) is 42.6 Å². The molecule has 1 N–H and O–H groups in total. The Kier molecular flexibility index (Phi) is 6.34. The number of benzene rings is 2. The molecule has 0 amide bonds. The monoisotopic (exact) mass is 545 g/mol. The number of rotatable bonds is 3. The van der Waals surface area contributed by atoms with Crippen LogP contribution in [0.4, 0.5) is 0 Å². The van der Waals surface area contributed by atoms with Gasteiger partial charge in [0.15, 0.2) is 5.79 Å². The first-order valence-electron chi connectivity index (χ1n) is 11.3. The molecule has 3 nitrogen and oxygen atoms in total. The number of fused-ring (bicyclic) bond motifs is 1. The minimum atomic E-state index is -1.36. The zero-order chi connectivity index (χ0) is 23.3. The van der Waals surface area contributed by atoms with Gasteiger partial charge in [-0.3, -0.25) is 4.98 Å². The average Bonchev–Trinajstić information content (AvgIpc) is 3.05. The molecule has 6 atom stereocenters. The van der Waals surface area contributed by atoms with Crippen LogP contribution in [-0.2, 0) is 10.5 Å². The summed E-state index contributed by atoms with van der Waals surface area (Å²) in [6.07, 6.45) is 3.41. The van der Waals surface area contributed by atoms with Gasteiger partial charge in [-0.25, -0.2) is 0 Å². The van der Waals surface area contributed by atoms with Crippen molar-refractivity contribution in [2.24, 2.45) is 11.8 Å². The lowest BCUT2D eigenvalue weighted by Crippen LogP contribution is -2.40. The minimum Gasteiger partial charge on any atom is -0.362 e. The Morgan fingerprint density at radius 2 is 1.82 bits per heavy atom. The van der Waals surface area contributed by atoms with Crippen LogP contribution in [0.1, 0.15) is 54.0 Å². The molecule has 2 fully saturated rings. The molecule has 33 heavy (non-hydrogen) atoms. The molecule has 2 aliphatic rings. The predicted octanol–water partition coefficient (Wildman–Crippen LogP) is 7.62. The van der Waals surface area contributed by atoms with Gasteiger partial charge in [-0.2, -0.15) is 0 Å². The molecule has 1 aliphatic heterocycles. The summed E-state index contributed by atoms with van der Waals surface area (Å²) in [6.45, 7) is 4.12. The van der Waals surface area contributed by atoms with Crippen molar-refractivity contribution in [1.29, 1.82) is 0 Å². The van der Waals surface area contributed by atoms with E-state index in [4.69, 9.17) is 32.9 Å². The number of hydrogen-bond donors (Lipinski definition) is 1. The lowest BCUT2D eigenvalue weighted by Gasteiger charge is -2.43. The topological polar surface area (TPSA) is 42.4 Å². The Bertz CT molecular complexity index is 1150. The number of pyridine rings is 1. The number of aliphatic hydroxyl groups is 1. The van der Waals surface area contributed by atoms with Gasteiger partial charge >= 0.3 is 0 Å². The number of aryl methyl sites for hydroxylation is 1. The van der Waals surface area contributed by atoms with E-state index in [2.05, 4.69) is 48.0 Å². The van der Waals surface area contributed by atoms with E-state index in [0.717, 1.165) is 44.7 Å². The van der Waals surface area contributed by atoms with Crippen molar-refractivity contribution in [3.8, 4) is 0 Å². The maximum Gasteiger partial charge on any atom is 0.195 e. The molecule has 172 valence electrons. The molecular weight excluding hydrogens is 521 g/mol. The van der Waals surface area contributed by atoms with Crippen LogP contribution in [0.5, 0.6) is 0 Å². The second kappa shape index (κ2) is 8.98. The number of ether oxygens (including phenoxy) is 1. The molecule has 1 saturated heterocycles. The maximum absolute atomic E-state index is 11.9. The second-order valence-electron chi connectivity index (χ2n) is 9.35. The molecule has 1 saturated carbocycles. The van der Waals surface area contributed by atoms with Crippen LogP contribution < -0.4 is 0 Å². The first-order chi connectivity index (χ1) is 15.8. The van der Waals surface area contributed by atoms with E-state index < -0.39 is 5.79 Å². The molecule has 1 aliphatic carbocycles. The second-order valence-corrected chi connectivity index (χ2v) is 11.1. The predicted molar refractivity (Wildman–Crippen MR) is 136 cm³/mol. The summed E-state index contributed by atoms with van der Waals surface area (Å²) in [4.78, 5) is 4.81. The van der Waals surface area contributed by atoms with Crippen LogP contribution in [0.15, 0.2) is 65.3 Å². The summed E-state index contributed by atoms with van der Waals surface area (Å²) in [5.74, 6) is -1.09. The highest BCUT2D eigenvalue weighted by Gasteiger charge is 2.59. The van der Waals surface area contributed by atoms with Crippen molar-refractivity contribution >= 4 is 39.1 Å². The summed E-state index contributed by atoms with van der Waals surface area (Å²) in [5.41, 5.74) is 4.04. The van der Waals surface area contributed by atoms with Gasteiger partial charge in [-0.05, 0) is 90.0 Å². The summed E-state index contributed by atoms with van der Waals surface area (Å²) in [6, 6.07) is 17.8. The lowest BCUT2D eigenvalue weighted by molar-refractivity contribution is -0.220. The number of aromatic nitrogens is 1. The SMILES string of the molecule is Cc1ccc(C2CC[C@@H]3[C@@H]([C@@H](C)OC3(O)c3ccc(Cl)cc3)[C@H]2c2ccc(Br)cn2)c(Cl)c1. The van der Waals surface area contributed by atoms with Gasteiger partial charge < -0.3 is 9.84 Å². The smallest absolute Gasteiger partial charge is 0.195 e. The van der Waals surface area contributed by atoms with Crippen molar-refractivity contribution < 1.29 is 9.84 Å². The fraction of sp³-hybridized carbons (Fsp3) is 0.370. The third kappa shape index (κ3) is 4.15. The molecule has 6 heteroatoms. The van der Waals surface area contributed by atoms with Crippen LogP contribution in [0, 0.1) is 18.8 Å². The van der Waals surface area contributed by atoms with Gasteiger partial charge in [0.1, 0.15) is 0 Å². The zero-order valence-electron chi connectivity index (χ0n) is 18.5. The van der Waals surface area contributed by atoms with Crippen molar-refractivity contribution in [3.05, 3.63) is 97.7 Å². The largest absolute Gasteiger partial charge is 0.362 e. The number of nitrogens with zero attached hydrogens (tertiary/aromatic N) is 1. The molecule has 0 radical (unpaired) electrons. The van der Waals surface area contributed by atoms with E-state index in [9.17, 15) is 5.11 Å². The van der Waals surface area contributed by atoms with E-state index in [1.54, 1.807) is 0 Å². The molecule has 0 spiro atoms. The Balaban J connectivity index is 1.61. The van der Waals surface area contributed by atoms with E-state index in [-0.39, 0.29) is 29.8 Å². The highest BCUT2D eigenvalue weighted by Crippen LogP contribution is 2.60. The van der Waals surface area contributed by atoms with Crippen LogP contribution in [0.25, 0.3) is 0 Å². The fourth-order valence-corrected chi connectivity index (χ4v) is 6.75. The average molecular weight is 547 g/mol. The van der Waals surface area contributed by atoms with Gasteiger partial charge in [0.05, 0.1) is 6.10 Å². The highest BCUT2D eigenvalue weighted by atomic mass is 79.9. The molecule has 3 aromatic rings. The molecule has 2 unspecified atom stereocenters. The van der Waals surface area contributed by atoms with Gasteiger partial charge in [0.25, 0.3) is 0 Å². The lowest BCUT2D eigenvalue weighted by atomic mass is 9.60. The standard InChI is InChI=1S/C27H26BrCl2NO2/c1-15-3-9-20(23(30)13-15)21-10-11-22-25(26(21)24-12-6-18(28)14-31-24)16(2)33-27(22,32)17-4-7-19(29)8-5-17/h3-9,12-14,16,21-22,25-26,32H,10-11H2,1-2H3/t16-,21?,22-,25-,26-,27?/m1/s1. The molecule has 2 heterocycles. The zero-order valence-corrected chi connectivity index (χ0v) is 21.6. The van der Waals surface area contributed by atoms with E-state index in [0.29, 0.717) is 5.02 Å². The minimum absolute atomic E-state index is 0.0633. The summed E-state index contributed by atoms with van der Waals surface area (Å²) in [7, 11) is 0. The maximum atomic E-state index is 11.9. The van der Waals surface area contributed by atoms with Crippen LogP contribution in [0.3, 0.4) is 0 Å². The van der Waals surface area contributed by atoms with E-state index in [1.165, 1.54) is 0 Å². The first kappa shape index (κ1) is 23.3. The normalized spacial score (nSPS) is 31.4. The quantitative estimate of drug-likeness (QED) is 0.367. The van der Waals surface area contributed by atoms with Gasteiger partial charge in [0, 0.05) is 49.7 Å². The molecule has 5 rings (SSSR count). The number of hydrogen-bond acceptors (Lipinski definition) is 3. The Morgan fingerprint density at radius 1 is 1.06 bits per heavy atom. The van der Waals surface area contributed by atoms with Crippen LogP contribution in [-0.4, -0.2) is 16.2 Å². The number of halogens is 3. The molecule has 2 aromatic carbocycles. The fourth-order valence-electron chi connectivity index (χ4n) is 6.02. The van der Waals surface area contributed by atoms with Crippen molar-refractivity contribution in [3.63, 3.8) is 0 Å². The molecule has 0 bridgehead atoms. The Labute approximate surface area is 213 Å². The van der Waals surface area contributed by atoms with Gasteiger partial charge in [-0.1, -0.05) is 47.5 Å². The van der Waals surface area contributed by atoms with Crippen molar-refractivity contribution in [2.45, 2.75) is 50.4 Å². The van der Waals surface area contributed by atoms with Crippen LogP contribution >= 0.6 is 39.1 Å². The highest BCUT2D eigenvalue weighted by molar-refractivity contribution is 9.10. The van der Waals surface area contributed by atoms with Crippen molar-refractivity contribution in [1.82, 2.24) is 4.98 Å². The van der Waals surface area contributed by atoms with E-state index >= 15 is 0 Å². The van der Waals surface area contributed by atoms with Gasteiger partial charge in [0.2, 0.25) is 0 Å². The van der Waals surface area contributed by atoms with Gasteiger partial charge in [-0.15, -0.1) is 0 Å².